The van der Waals surface area contributed by atoms with E-state index < -0.39 is 6.23 Å². The molecule has 1 saturated carbocycles. The Bertz CT molecular complexity index is 1350. The normalized spacial score (nSPS) is 19.2. The van der Waals surface area contributed by atoms with Crippen LogP contribution in [0.2, 0.25) is 0 Å². The number of nitrogens with zero attached hydrogens (tertiary/aromatic N) is 5. The molecule has 1 aromatic carbocycles. The average molecular weight is 442 g/mol. The van der Waals surface area contributed by atoms with Gasteiger partial charge in [0.1, 0.15) is 17.9 Å². The fraction of sp³-hybridized carbons (Fsp3) is 0.217. The second kappa shape index (κ2) is 7.75. The van der Waals surface area contributed by atoms with Crippen molar-refractivity contribution in [1.82, 2.24) is 29.7 Å². The predicted octanol–water partition coefficient (Wildman–Crippen LogP) is 2.45. The van der Waals surface area contributed by atoms with Crippen LogP contribution >= 0.6 is 0 Å². The summed E-state index contributed by atoms with van der Waals surface area (Å²) >= 11 is 0. The van der Waals surface area contributed by atoms with Crippen molar-refractivity contribution in [2.45, 2.75) is 31.5 Å². The Kier molecular flexibility index (Phi) is 4.58. The van der Waals surface area contributed by atoms with Gasteiger partial charge in [-0.05, 0) is 54.8 Å². The predicted molar refractivity (Wildman–Crippen MR) is 123 cm³/mol. The van der Waals surface area contributed by atoms with Crippen LogP contribution in [0.1, 0.15) is 24.8 Å². The molecule has 0 spiro atoms. The standard InChI is InChI=1S/C23H22N8O2/c32-21-11-14(23(33)29-21)10-15-13-25-31-20(27-17-2-3-17)12-19(28-22(15)31)26-16-4-6-18(7-5-16)30-9-1-8-24-30/h1,4-10,12-13,17,23,27,33H,2-3,11H2,(H,26,28)(H,29,32). The third-order valence-electron chi connectivity index (χ3n) is 5.69. The summed E-state index contributed by atoms with van der Waals surface area (Å²) in [5.74, 6) is 1.30. The maximum atomic E-state index is 11.6. The van der Waals surface area contributed by atoms with E-state index in [0.29, 0.717) is 23.1 Å². The Balaban J connectivity index is 1.35. The molecule has 10 nitrogen and oxygen atoms in total. The molecular weight excluding hydrogens is 420 g/mol. The number of anilines is 3. The van der Waals surface area contributed by atoms with Gasteiger partial charge in [0, 0.05) is 35.8 Å². The monoisotopic (exact) mass is 442 g/mol. The first-order valence-corrected chi connectivity index (χ1v) is 10.8. The first-order valence-electron chi connectivity index (χ1n) is 10.8. The molecule has 6 rings (SSSR count). The van der Waals surface area contributed by atoms with Crippen LogP contribution in [0, 0.1) is 0 Å². The van der Waals surface area contributed by atoms with Crippen LogP contribution in [0.25, 0.3) is 17.4 Å². The number of carbonyl (C=O) groups excluding carboxylic acids is 1. The highest BCUT2D eigenvalue weighted by atomic mass is 16.3. The fourth-order valence-corrected chi connectivity index (χ4v) is 3.86. The number of aliphatic hydroxyl groups is 1. The quantitative estimate of drug-likeness (QED) is 0.362. The Morgan fingerprint density at radius 2 is 2.03 bits per heavy atom. The SMILES string of the molecule is O=C1CC(=Cc2cnn3c(NC4CC4)cc(Nc4ccc(-n5cccn5)cc4)nc23)C(O)N1. The van der Waals surface area contributed by atoms with Crippen LogP contribution in [0.3, 0.4) is 0 Å². The van der Waals surface area contributed by atoms with Crippen molar-refractivity contribution in [3.63, 3.8) is 0 Å². The number of carbonyl (C=O) groups is 1. The zero-order valence-corrected chi connectivity index (χ0v) is 17.6. The minimum absolute atomic E-state index is 0.159. The van der Waals surface area contributed by atoms with E-state index in [-0.39, 0.29) is 12.3 Å². The number of hydrogen-bond donors (Lipinski definition) is 4. The lowest BCUT2D eigenvalue weighted by atomic mass is 10.1. The second-order valence-corrected chi connectivity index (χ2v) is 8.27. The van der Waals surface area contributed by atoms with E-state index in [1.807, 2.05) is 42.6 Å². The van der Waals surface area contributed by atoms with Crippen LogP contribution in [-0.4, -0.2) is 47.7 Å². The zero-order valence-electron chi connectivity index (χ0n) is 17.6. The molecule has 1 saturated heterocycles. The molecule has 4 heterocycles. The van der Waals surface area contributed by atoms with Gasteiger partial charge in [-0.3, -0.25) is 4.79 Å². The molecule has 33 heavy (non-hydrogen) atoms. The van der Waals surface area contributed by atoms with Crippen molar-refractivity contribution in [3.8, 4) is 5.69 Å². The second-order valence-electron chi connectivity index (χ2n) is 8.27. The number of nitrogens with one attached hydrogen (secondary N) is 3. The minimum Gasteiger partial charge on any atom is -0.370 e. The summed E-state index contributed by atoms with van der Waals surface area (Å²) < 4.78 is 3.56. The molecule has 1 amide bonds. The lowest BCUT2D eigenvalue weighted by molar-refractivity contribution is -0.120. The maximum Gasteiger partial charge on any atom is 0.226 e. The molecule has 4 aromatic rings. The summed E-state index contributed by atoms with van der Waals surface area (Å²) in [6, 6.07) is 12.2. The van der Waals surface area contributed by atoms with Crippen molar-refractivity contribution in [2.75, 3.05) is 10.6 Å². The van der Waals surface area contributed by atoms with E-state index in [1.54, 1.807) is 27.7 Å². The van der Waals surface area contributed by atoms with Gasteiger partial charge in [-0.15, -0.1) is 0 Å². The van der Waals surface area contributed by atoms with Crippen molar-refractivity contribution in [1.29, 1.82) is 0 Å². The van der Waals surface area contributed by atoms with Crippen LogP contribution in [0.15, 0.2) is 60.6 Å². The minimum atomic E-state index is -0.980. The molecule has 2 fully saturated rings. The summed E-state index contributed by atoms with van der Waals surface area (Å²) in [4.78, 5) is 16.4. The van der Waals surface area contributed by atoms with Crippen LogP contribution in [-0.2, 0) is 4.79 Å². The third kappa shape index (κ3) is 3.92. The van der Waals surface area contributed by atoms with E-state index in [1.165, 1.54) is 0 Å². The third-order valence-corrected chi connectivity index (χ3v) is 5.69. The van der Waals surface area contributed by atoms with Gasteiger partial charge in [0.15, 0.2) is 5.65 Å². The van der Waals surface area contributed by atoms with Crippen molar-refractivity contribution in [3.05, 3.63) is 66.1 Å². The van der Waals surface area contributed by atoms with E-state index >= 15 is 0 Å². The molecule has 0 radical (unpaired) electrons. The molecule has 1 atom stereocenters. The molecule has 0 bridgehead atoms. The summed E-state index contributed by atoms with van der Waals surface area (Å²) in [6.45, 7) is 0. The van der Waals surface area contributed by atoms with Crippen molar-refractivity contribution >= 4 is 35.0 Å². The highest BCUT2D eigenvalue weighted by Gasteiger charge is 2.26. The van der Waals surface area contributed by atoms with Crippen molar-refractivity contribution in [2.24, 2.45) is 0 Å². The summed E-state index contributed by atoms with van der Waals surface area (Å²) in [6.07, 6.45) is 8.55. The van der Waals surface area contributed by atoms with Gasteiger partial charge in [0.05, 0.1) is 18.3 Å². The van der Waals surface area contributed by atoms with E-state index in [0.717, 1.165) is 35.6 Å². The molecule has 10 heteroatoms. The molecule has 166 valence electrons. The fourth-order valence-electron chi connectivity index (χ4n) is 3.86. The highest BCUT2D eigenvalue weighted by molar-refractivity contribution is 5.85. The number of aliphatic hydroxyl groups excluding tert-OH is 1. The number of hydrogen-bond acceptors (Lipinski definition) is 7. The van der Waals surface area contributed by atoms with Gasteiger partial charge in [-0.25, -0.2) is 9.67 Å². The van der Waals surface area contributed by atoms with Crippen LogP contribution < -0.4 is 16.0 Å². The lowest BCUT2D eigenvalue weighted by Crippen LogP contribution is -2.24. The van der Waals surface area contributed by atoms with Gasteiger partial charge in [0.25, 0.3) is 0 Å². The first kappa shape index (κ1) is 19.5. The van der Waals surface area contributed by atoms with Crippen LogP contribution in [0.4, 0.5) is 17.3 Å². The number of aromatic nitrogens is 5. The smallest absolute Gasteiger partial charge is 0.226 e. The molecule has 4 N–H and O–H groups in total. The molecule has 1 unspecified atom stereocenters. The molecule has 3 aromatic heterocycles. The van der Waals surface area contributed by atoms with E-state index in [4.69, 9.17) is 4.98 Å². The highest BCUT2D eigenvalue weighted by Crippen LogP contribution is 2.29. The summed E-state index contributed by atoms with van der Waals surface area (Å²) in [7, 11) is 0. The number of amides is 1. The van der Waals surface area contributed by atoms with Gasteiger partial charge < -0.3 is 21.1 Å². The molecule has 1 aliphatic carbocycles. The topological polar surface area (TPSA) is 121 Å². The lowest BCUT2D eigenvalue weighted by Gasteiger charge is -2.12. The van der Waals surface area contributed by atoms with Gasteiger partial charge in [-0.1, -0.05) is 0 Å². The number of rotatable bonds is 6. The van der Waals surface area contributed by atoms with E-state index in [9.17, 15) is 9.90 Å². The summed E-state index contributed by atoms with van der Waals surface area (Å²) in [5, 5.41) is 28.2. The van der Waals surface area contributed by atoms with Gasteiger partial charge in [-0.2, -0.15) is 14.7 Å². The maximum absolute atomic E-state index is 11.6. The van der Waals surface area contributed by atoms with E-state index in [2.05, 4.69) is 26.1 Å². The largest absolute Gasteiger partial charge is 0.370 e. The van der Waals surface area contributed by atoms with Gasteiger partial charge >= 0.3 is 0 Å². The van der Waals surface area contributed by atoms with Gasteiger partial charge in [0.2, 0.25) is 5.91 Å². The summed E-state index contributed by atoms with van der Waals surface area (Å²) in [5.41, 5.74) is 3.82. The molecule has 2 aliphatic rings. The Morgan fingerprint density at radius 3 is 2.73 bits per heavy atom. The molecule has 1 aliphatic heterocycles. The first-order chi connectivity index (χ1) is 16.1. The number of fused-ring (bicyclic) bond motifs is 1. The van der Waals surface area contributed by atoms with Crippen molar-refractivity contribution < 1.29 is 9.90 Å². The molecular formula is C23H22N8O2. The Labute approximate surface area is 189 Å². The van der Waals surface area contributed by atoms with Crippen LogP contribution in [0.5, 0.6) is 0 Å². The Hall–Kier alpha value is -4.18. The average Bonchev–Trinajstić information content (AvgIpc) is 3.17. The number of benzene rings is 1. The Morgan fingerprint density at radius 1 is 1.18 bits per heavy atom. The zero-order chi connectivity index (χ0) is 22.4.